The van der Waals surface area contributed by atoms with E-state index in [9.17, 15) is 18.0 Å². The average Bonchev–Trinajstić information content (AvgIpc) is 2.35. The first kappa shape index (κ1) is 16.0. The molecule has 0 N–H and O–H groups in total. The van der Waals surface area contributed by atoms with Gasteiger partial charge in [0.25, 0.3) is 0 Å². The van der Waals surface area contributed by atoms with Gasteiger partial charge in [-0.2, -0.15) is 13.2 Å². The molecular formula is C12H17F3O4. The highest BCUT2D eigenvalue weighted by Crippen LogP contribution is 2.16. The molecule has 1 saturated heterocycles. The zero-order valence-corrected chi connectivity index (χ0v) is 10.6. The maximum atomic E-state index is 11.9. The summed E-state index contributed by atoms with van der Waals surface area (Å²) >= 11 is 0. The lowest BCUT2D eigenvalue weighted by Crippen LogP contribution is -2.31. The fraction of sp³-hybridized carbons (Fsp3) is 0.750. The first-order valence-corrected chi connectivity index (χ1v) is 6.02. The number of esters is 1. The molecule has 1 aliphatic rings. The minimum atomic E-state index is -4.34. The molecule has 0 aromatic heterocycles. The Kier molecular flexibility index (Phi) is 6.30. The number of hydrogen-bond acceptors (Lipinski definition) is 4. The predicted molar refractivity (Wildman–Crippen MR) is 60.5 cm³/mol. The maximum absolute atomic E-state index is 11.9. The van der Waals surface area contributed by atoms with E-state index >= 15 is 0 Å². The van der Waals surface area contributed by atoms with Crippen molar-refractivity contribution < 1.29 is 32.2 Å². The van der Waals surface area contributed by atoms with Gasteiger partial charge in [0, 0.05) is 19.1 Å². The van der Waals surface area contributed by atoms with E-state index in [-0.39, 0.29) is 25.7 Å². The number of alkyl halides is 3. The third-order valence-corrected chi connectivity index (χ3v) is 2.55. The van der Waals surface area contributed by atoms with Gasteiger partial charge in [-0.05, 0) is 6.92 Å². The number of rotatable bonds is 3. The second kappa shape index (κ2) is 7.49. The SMILES string of the molecule is C[C@@H]1OC(=O)CCOCC[C@H]1OC/C=C/C(F)(F)F. The standard InChI is InChI=1S/C12H17F3O4/c1-9-10(18-6-2-5-12(13,14)15)3-7-17-8-4-11(16)19-9/h2,5,9-10H,3-4,6-8H2,1H3/b5-2+/t9-,10+/m0/s1. The van der Waals surface area contributed by atoms with E-state index in [1.165, 1.54) is 0 Å². The second-order valence-corrected chi connectivity index (χ2v) is 4.16. The molecule has 7 heteroatoms. The van der Waals surface area contributed by atoms with Crippen LogP contribution in [0.15, 0.2) is 12.2 Å². The molecule has 4 nitrogen and oxygen atoms in total. The summed E-state index contributed by atoms with van der Waals surface area (Å²) in [4.78, 5) is 11.3. The summed E-state index contributed by atoms with van der Waals surface area (Å²) in [5, 5.41) is 0. The number of carbonyl (C=O) groups is 1. The molecule has 0 saturated carbocycles. The Morgan fingerprint density at radius 1 is 1.42 bits per heavy atom. The Morgan fingerprint density at radius 2 is 2.16 bits per heavy atom. The first-order chi connectivity index (χ1) is 8.88. The van der Waals surface area contributed by atoms with Crippen LogP contribution in [-0.4, -0.2) is 44.2 Å². The van der Waals surface area contributed by atoms with Crippen LogP contribution in [0.25, 0.3) is 0 Å². The van der Waals surface area contributed by atoms with E-state index < -0.39 is 24.4 Å². The van der Waals surface area contributed by atoms with Crippen molar-refractivity contribution in [1.82, 2.24) is 0 Å². The Bertz CT molecular complexity index is 315. The number of carbonyl (C=O) groups excluding carboxylic acids is 1. The molecule has 1 aliphatic heterocycles. The summed E-state index contributed by atoms with van der Waals surface area (Å²) in [7, 11) is 0. The zero-order chi connectivity index (χ0) is 14.3. The van der Waals surface area contributed by atoms with Gasteiger partial charge in [0.05, 0.1) is 25.7 Å². The van der Waals surface area contributed by atoms with Gasteiger partial charge in [-0.25, -0.2) is 0 Å². The van der Waals surface area contributed by atoms with Gasteiger partial charge < -0.3 is 14.2 Å². The molecule has 0 amide bonds. The van der Waals surface area contributed by atoms with Crippen LogP contribution in [0.5, 0.6) is 0 Å². The minimum Gasteiger partial charge on any atom is -0.460 e. The Labute approximate surface area is 109 Å². The number of halogens is 3. The highest BCUT2D eigenvalue weighted by Gasteiger charge is 2.24. The molecule has 2 atom stereocenters. The summed E-state index contributed by atoms with van der Waals surface area (Å²) in [6.45, 7) is 2.13. The smallest absolute Gasteiger partial charge is 0.409 e. The monoisotopic (exact) mass is 282 g/mol. The van der Waals surface area contributed by atoms with Crippen LogP contribution >= 0.6 is 0 Å². The van der Waals surface area contributed by atoms with Gasteiger partial charge in [-0.1, -0.05) is 6.08 Å². The molecule has 1 rings (SSSR count). The summed E-state index contributed by atoms with van der Waals surface area (Å²) in [6, 6.07) is 0. The first-order valence-electron chi connectivity index (χ1n) is 6.02. The lowest BCUT2D eigenvalue weighted by Gasteiger charge is -2.22. The predicted octanol–water partition coefficient (Wildman–Crippen LogP) is 2.23. The van der Waals surface area contributed by atoms with Gasteiger partial charge in [-0.15, -0.1) is 0 Å². The topological polar surface area (TPSA) is 44.8 Å². The molecule has 0 aromatic carbocycles. The van der Waals surface area contributed by atoms with E-state index in [2.05, 4.69) is 0 Å². The molecule has 0 spiro atoms. The van der Waals surface area contributed by atoms with Gasteiger partial charge in [-0.3, -0.25) is 4.79 Å². The van der Waals surface area contributed by atoms with Crippen LogP contribution in [0.4, 0.5) is 13.2 Å². The summed E-state index contributed by atoms with van der Waals surface area (Å²) in [6.07, 6.45) is -3.67. The van der Waals surface area contributed by atoms with Gasteiger partial charge >= 0.3 is 12.1 Å². The van der Waals surface area contributed by atoms with E-state index in [0.29, 0.717) is 13.0 Å². The van der Waals surface area contributed by atoms with Crippen LogP contribution in [0, 0.1) is 0 Å². The van der Waals surface area contributed by atoms with Crippen molar-refractivity contribution in [3.05, 3.63) is 12.2 Å². The van der Waals surface area contributed by atoms with Crippen molar-refractivity contribution in [3.63, 3.8) is 0 Å². The molecule has 0 radical (unpaired) electrons. The quantitative estimate of drug-likeness (QED) is 0.588. The third-order valence-electron chi connectivity index (χ3n) is 2.55. The Balaban J connectivity index is 2.44. The summed E-state index contributed by atoms with van der Waals surface area (Å²) < 4.78 is 51.2. The fourth-order valence-electron chi connectivity index (χ4n) is 1.61. The number of ether oxygens (including phenoxy) is 3. The van der Waals surface area contributed by atoms with Crippen molar-refractivity contribution >= 4 is 5.97 Å². The molecule has 1 heterocycles. The Morgan fingerprint density at radius 3 is 2.84 bits per heavy atom. The maximum Gasteiger partial charge on any atom is 0.409 e. The van der Waals surface area contributed by atoms with E-state index in [1.54, 1.807) is 6.92 Å². The van der Waals surface area contributed by atoms with Crippen LogP contribution < -0.4 is 0 Å². The van der Waals surface area contributed by atoms with Crippen molar-refractivity contribution in [2.45, 2.75) is 38.1 Å². The second-order valence-electron chi connectivity index (χ2n) is 4.16. The molecule has 0 bridgehead atoms. The zero-order valence-electron chi connectivity index (χ0n) is 10.6. The minimum absolute atomic E-state index is 0.120. The van der Waals surface area contributed by atoms with E-state index in [4.69, 9.17) is 14.2 Å². The van der Waals surface area contributed by atoms with Crippen molar-refractivity contribution in [1.29, 1.82) is 0 Å². The number of cyclic esters (lactones) is 1. The third kappa shape index (κ3) is 7.17. The number of allylic oxidation sites excluding steroid dienone is 1. The van der Waals surface area contributed by atoms with Crippen molar-refractivity contribution in [3.8, 4) is 0 Å². The Hall–Kier alpha value is -1.08. The lowest BCUT2D eigenvalue weighted by molar-refractivity contribution is -0.155. The van der Waals surface area contributed by atoms with Crippen molar-refractivity contribution in [2.75, 3.05) is 19.8 Å². The highest BCUT2D eigenvalue weighted by molar-refractivity contribution is 5.69. The summed E-state index contributed by atoms with van der Waals surface area (Å²) in [5.41, 5.74) is 0. The summed E-state index contributed by atoms with van der Waals surface area (Å²) in [5.74, 6) is -0.395. The van der Waals surface area contributed by atoms with E-state index in [0.717, 1.165) is 6.08 Å². The van der Waals surface area contributed by atoms with Gasteiger partial charge in [0.1, 0.15) is 6.10 Å². The number of hydrogen-bond donors (Lipinski definition) is 0. The molecule has 110 valence electrons. The average molecular weight is 282 g/mol. The van der Waals surface area contributed by atoms with E-state index in [1.807, 2.05) is 0 Å². The van der Waals surface area contributed by atoms with Crippen LogP contribution in [-0.2, 0) is 19.0 Å². The normalized spacial score (nSPS) is 26.6. The van der Waals surface area contributed by atoms with Crippen molar-refractivity contribution in [2.24, 2.45) is 0 Å². The van der Waals surface area contributed by atoms with Crippen LogP contribution in [0.3, 0.4) is 0 Å². The molecular weight excluding hydrogens is 265 g/mol. The highest BCUT2D eigenvalue weighted by atomic mass is 19.4. The molecule has 0 unspecified atom stereocenters. The molecule has 19 heavy (non-hydrogen) atoms. The van der Waals surface area contributed by atoms with Gasteiger partial charge in [0.15, 0.2) is 0 Å². The molecule has 1 fully saturated rings. The van der Waals surface area contributed by atoms with Gasteiger partial charge in [0.2, 0.25) is 0 Å². The largest absolute Gasteiger partial charge is 0.460 e. The fourth-order valence-corrected chi connectivity index (χ4v) is 1.61. The van der Waals surface area contributed by atoms with Crippen LogP contribution in [0.2, 0.25) is 0 Å². The molecule has 0 aliphatic carbocycles. The lowest BCUT2D eigenvalue weighted by atomic mass is 10.1. The molecule has 0 aromatic rings. The van der Waals surface area contributed by atoms with Crippen LogP contribution in [0.1, 0.15) is 19.8 Å².